The monoisotopic (exact) mass is 375 g/mol. The van der Waals surface area contributed by atoms with Gasteiger partial charge in [0.2, 0.25) is 10.0 Å². The van der Waals surface area contributed by atoms with E-state index in [1.54, 1.807) is 22.5 Å². The van der Waals surface area contributed by atoms with Crippen molar-refractivity contribution < 1.29 is 13.5 Å². The molecule has 0 radical (unpaired) electrons. The van der Waals surface area contributed by atoms with E-state index in [1.807, 2.05) is 6.92 Å². The Balaban J connectivity index is 2.34. The van der Waals surface area contributed by atoms with Crippen LogP contribution < -0.4 is 0 Å². The van der Waals surface area contributed by atoms with E-state index in [-0.39, 0.29) is 17.5 Å². The Labute approximate surface area is 135 Å². The summed E-state index contributed by atoms with van der Waals surface area (Å²) in [5.41, 5.74) is 0.696. The summed E-state index contributed by atoms with van der Waals surface area (Å²) >= 11 is 3.33. The van der Waals surface area contributed by atoms with Gasteiger partial charge in [0.25, 0.3) is 0 Å². The average Bonchev–Trinajstić information content (AvgIpc) is 2.48. The van der Waals surface area contributed by atoms with Crippen molar-refractivity contribution in [1.82, 2.24) is 4.31 Å². The van der Waals surface area contributed by atoms with Crippen molar-refractivity contribution >= 4 is 26.0 Å². The molecule has 6 heteroatoms. The normalized spacial score (nSPS) is 17.3. The van der Waals surface area contributed by atoms with E-state index in [4.69, 9.17) is 5.11 Å². The summed E-state index contributed by atoms with van der Waals surface area (Å²) in [6.07, 6.45) is 5.28. The number of aliphatic hydroxyl groups excluding tert-OH is 1. The minimum Gasteiger partial charge on any atom is -0.392 e. The fraction of sp³-hybridized carbons (Fsp3) is 0.600. The molecule has 0 aliphatic heterocycles. The van der Waals surface area contributed by atoms with Crippen LogP contribution in [0.5, 0.6) is 0 Å². The molecule has 0 heterocycles. The third-order valence-electron chi connectivity index (χ3n) is 4.06. The fourth-order valence-electron chi connectivity index (χ4n) is 2.97. The smallest absolute Gasteiger partial charge is 0.244 e. The highest BCUT2D eigenvalue weighted by molar-refractivity contribution is 9.10. The summed E-state index contributed by atoms with van der Waals surface area (Å²) in [4.78, 5) is 0.284. The van der Waals surface area contributed by atoms with E-state index in [1.165, 1.54) is 6.42 Å². The van der Waals surface area contributed by atoms with Gasteiger partial charge in [0, 0.05) is 17.1 Å². The second-order valence-electron chi connectivity index (χ2n) is 5.42. The van der Waals surface area contributed by atoms with Crippen LogP contribution in [0.3, 0.4) is 0 Å². The van der Waals surface area contributed by atoms with Gasteiger partial charge in [0.15, 0.2) is 0 Å². The topological polar surface area (TPSA) is 57.6 Å². The van der Waals surface area contributed by atoms with Gasteiger partial charge in [-0.15, -0.1) is 0 Å². The van der Waals surface area contributed by atoms with Crippen LogP contribution in [-0.2, 0) is 16.6 Å². The first-order valence-corrected chi connectivity index (χ1v) is 9.65. The molecule has 2 rings (SSSR count). The quantitative estimate of drug-likeness (QED) is 0.858. The predicted octanol–water partition coefficient (Wildman–Crippen LogP) is 3.28. The molecule has 1 fully saturated rings. The molecule has 21 heavy (non-hydrogen) atoms. The summed E-state index contributed by atoms with van der Waals surface area (Å²) in [5.74, 6) is 0. The van der Waals surface area contributed by atoms with Gasteiger partial charge in [0.1, 0.15) is 0 Å². The Hall–Kier alpha value is -0.430. The lowest BCUT2D eigenvalue weighted by molar-refractivity contribution is 0.261. The molecule has 1 aliphatic carbocycles. The van der Waals surface area contributed by atoms with E-state index in [0.29, 0.717) is 16.6 Å². The zero-order valence-electron chi connectivity index (χ0n) is 12.3. The van der Waals surface area contributed by atoms with Crippen molar-refractivity contribution in [2.24, 2.45) is 0 Å². The Bertz CT molecular complexity index is 583. The molecular weight excluding hydrogens is 354 g/mol. The summed E-state index contributed by atoms with van der Waals surface area (Å²) in [5, 5.41) is 9.13. The Morgan fingerprint density at radius 1 is 1.29 bits per heavy atom. The highest BCUT2D eigenvalue weighted by Crippen LogP contribution is 2.31. The second-order valence-corrected chi connectivity index (χ2v) is 8.14. The third-order valence-corrected chi connectivity index (χ3v) is 7.06. The van der Waals surface area contributed by atoms with Crippen molar-refractivity contribution in [1.29, 1.82) is 0 Å². The molecule has 0 saturated heterocycles. The van der Waals surface area contributed by atoms with Gasteiger partial charge >= 0.3 is 0 Å². The number of aliphatic hydroxyl groups is 1. The number of rotatable bonds is 5. The lowest BCUT2D eigenvalue weighted by atomic mass is 9.95. The molecule has 4 nitrogen and oxygen atoms in total. The van der Waals surface area contributed by atoms with Crippen molar-refractivity contribution in [3.05, 3.63) is 28.2 Å². The third kappa shape index (κ3) is 3.67. The number of hydrogen-bond donors (Lipinski definition) is 1. The molecule has 0 bridgehead atoms. The lowest BCUT2D eigenvalue weighted by Gasteiger charge is -2.32. The zero-order chi connectivity index (χ0) is 15.5. The molecule has 118 valence electrons. The van der Waals surface area contributed by atoms with E-state index >= 15 is 0 Å². The van der Waals surface area contributed by atoms with Gasteiger partial charge in [-0.3, -0.25) is 0 Å². The maximum atomic E-state index is 12.9. The molecule has 1 saturated carbocycles. The fourth-order valence-corrected chi connectivity index (χ4v) is 5.75. The summed E-state index contributed by atoms with van der Waals surface area (Å²) in [6, 6.07) is 5.02. The Kier molecular flexibility index (Phi) is 5.82. The van der Waals surface area contributed by atoms with Crippen molar-refractivity contribution in [3.63, 3.8) is 0 Å². The van der Waals surface area contributed by atoms with Crippen LogP contribution in [0.25, 0.3) is 0 Å². The molecule has 0 aromatic heterocycles. The van der Waals surface area contributed by atoms with Crippen LogP contribution in [0.15, 0.2) is 27.6 Å². The Morgan fingerprint density at radius 3 is 2.48 bits per heavy atom. The van der Waals surface area contributed by atoms with Crippen LogP contribution in [0.4, 0.5) is 0 Å². The number of hydrogen-bond acceptors (Lipinski definition) is 3. The highest BCUT2D eigenvalue weighted by Gasteiger charge is 2.32. The van der Waals surface area contributed by atoms with Crippen molar-refractivity contribution in [2.75, 3.05) is 6.54 Å². The first kappa shape index (κ1) is 16.9. The first-order chi connectivity index (χ1) is 10.0. The number of halogens is 1. The first-order valence-electron chi connectivity index (χ1n) is 7.41. The van der Waals surface area contributed by atoms with Crippen LogP contribution in [0.2, 0.25) is 0 Å². The van der Waals surface area contributed by atoms with Crippen LogP contribution in [0.1, 0.15) is 44.6 Å². The maximum absolute atomic E-state index is 12.9. The summed E-state index contributed by atoms with van der Waals surface area (Å²) in [7, 11) is -3.50. The van der Waals surface area contributed by atoms with Crippen LogP contribution in [0, 0.1) is 0 Å². The van der Waals surface area contributed by atoms with E-state index in [9.17, 15) is 8.42 Å². The minimum absolute atomic E-state index is 0.0982. The Morgan fingerprint density at radius 2 is 1.95 bits per heavy atom. The SMILES string of the molecule is CCN(C1CCCCC1)S(=O)(=O)c1ccc(CO)cc1Br. The molecule has 1 aromatic carbocycles. The molecule has 0 unspecified atom stereocenters. The zero-order valence-corrected chi connectivity index (χ0v) is 14.7. The minimum atomic E-state index is -3.50. The molecular formula is C15H22BrNO3S. The standard InChI is InChI=1S/C15H22BrNO3S/c1-2-17(13-6-4-3-5-7-13)21(19,20)15-9-8-12(11-18)10-14(15)16/h8-10,13,18H,2-7,11H2,1H3. The van der Waals surface area contributed by atoms with Gasteiger partial charge in [-0.05, 0) is 46.5 Å². The summed E-state index contributed by atoms with van der Waals surface area (Å²) in [6.45, 7) is 2.28. The van der Waals surface area contributed by atoms with Gasteiger partial charge in [0.05, 0.1) is 11.5 Å². The molecule has 1 aromatic rings. The van der Waals surface area contributed by atoms with Crippen molar-refractivity contribution in [2.45, 2.75) is 56.6 Å². The van der Waals surface area contributed by atoms with Gasteiger partial charge < -0.3 is 5.11 Å². The van der Waals surface area contributed by atoms with Gasteiger partial charge in [-0.2, -0.15) is 4.31 Å². The maximum Gasteiger partial charge on any atom is 0.244 e. The largest absolute Gasteiger partial charge is 0.392 e. The number of nitrogens with zero attached hydrogens (tertiary/aromatic N) is 1. The second kappa shape index (κ2) is 7.22. The predicted molar refractivity (Wildman–Crippen MR) is 86.5 cm³/mol. The number of sulfonamides is 1. The van der Waals surface area contributed by atoms with E-state index < -0.39 is 10.0 Å². The molecule has 0 amide bonds. The summed E-state index contributed by atoms with van der Waals surface area (Å²) < 4.78 is 28.0. The molecule has 1 N–H and O–H groups in total. The average molecular weight is 376 g/mol. The molecule has 0 atom stereocenters. The van der Waals surface area contributed by atoms with Crippen molar-refractivity contribution in [3.8, 4) is 0 Å². The van der Waals surface area contributed by atoms with Gasteiger partial charge in [-0.1, -0.05) is 32.3 Å². The number of benzene rings is 1. The highest BCUT2D eigenvalue weighted by atomic mass is 79.9. The van der Waals surface area contributed by atoms with E-state index in [0.717, 1.165) is 25.7 Å². The van der Waals surface area contributed by atoms with Crippen LogP contribution >= 0.6 is 15.9 Å². The lowest BCUT2D eigenvalue weighted by Crippen LogP contribution is -2.41. The molecule has 0 spiro atoms. The van der Waals surface area contributed by atoms with Gasteiger partial charge in [-0.25, -0.2) is 8.42 Å². The molecule has 1 aliphatic rings. The van der Waals surface area contributed by atoms with Crippen LogP contribution in [-0.4, -0.2) is 30.4 Å². The van der Waals surface area contributed by atoms with E-state index in [2.05, 4.69) is 15.9 Å².